The van der Waals surface area contributed by atoms with Gasteiger partial charge >= 0.3 is 6.03 Å². The molecule has 2 amide bonds. The number of halogens is 2. The number of aryl methyl sites for hydroxylation is 1. The second-order valence-corrected chi connectivity index (χ2v) is 10.6. The number of urea groups is 1. The summed E-state index contributed by atoms with van der Waals surface area (Å²) in [6.07, 6.45) is 6.19. The highest BCUT2D eigenvalue weighted by Gasteiger charge is 2.36. The van der Waals surface area contributed by atoms with Crippen LogP contribution in [0.1, 0.15) is 46.1 Å². The summed E-state index contributed by atoms with van der Waals surface area (Å²) >= 11 is 1.75. The number of aromatic nitrogens is 1. The molecule has 1 N–H and O–H groups in total. The molecule has 2 aliphatic rings. The number of thiophene rings is 1. The molecule has 38 heavy (non-hydrogen) atoms. The van der Waals surface area contributed by atoms with E-state index in [0.717, 1.165) is 48.0 Å². The molecule has 0 saturated heterocycles. The van der Waals surface area contributed by atoms with Gasteiger partial charge in [0, 0.05) is 28.8 Å². The molecule has 2 aromatic carbocycles. The van der Waals surface area contributed by atoms with Gasteiger partial charge in [-0.2, -0.15) is 0 Å². The van der Waals surface area contributed by atoms with Gasteiger partial charge in [0.1, 0.15) is 34.2 Å². The molecule has 3 heterocycles. The smallest absolute Gasteiger partial charge is 0.323 e. The average Bonchev–Trinajstić information content (AvgIpc) is 3.49. The number of ether oxygens (including phenoxy) is 2. The number of fused-ring (bicyclic) bond motifs is 5. The lowest BCUT2D eigenvalue weighted by Crippen LogP contribution is -2.38. The number of anilines is 1. The van der Waals surface area contributed by atoms with Crippen molar-refractivity contribution in [1.82, 2.24) is 9.47 Å². The fourth-order valence-corrected chi connectivity index (χ4v) is 6.97. The third-order valence-electron chi connectivity index (χ3n) is 7.29. The molecule has 4 aromatic rings. The Hall–Kier alpha value is -3.85. The number of nitrogens with one attached hydrogen (secondary N) is 1. The quantitative estimate of drug-likeness (QED) is 0.311. The summed E-state index contributed by atoms with van der Waals surface area (Å²) in [5.41, 5.74) is 3.94. The highest BCUT2D eigenvalue weighted by atomic mass is 32.1. The van der Waals surface area contributed by atoms with E-state index in [2.05, 4.69) is 9.88 Å². The molecule has 0 fully saturated rings. The van der Waals surface area contributed by atoms with Gasteiger partial charge < -0.3 is 24.3 Å². The minimum absolute atomic E-state index is 0.295. The standard InChI is InChI=1S/C29H27F2N3O3S/c1-36-20-9-10-25(37-2)23(15-20)32-29(35)34-16-22-21-6-3-4-8-26(21)38-28(22)33-11-5-7-24(33)27(34)17-12-18(30)14-19(31)13-17/h5,7,9-15,27H,3-4,6,8,16H2,1-2H3,(H,32,35)/t27-/m1/s1. The van der Waals surface area contributed by atoms with Crippen molar-refractivity contribution in [2.24, 2.45) is 0 Å². The molecule has 0 radical (unpaired) electrons. The minimum atomic E-state index is -0.731. The molecule has 1 aliphatic heterocycles. The molecule has 0 saturated carbocycles. The Labute approximate surface area is 223 Å². The van der Waals surface area contributed by atoms with Crippen LogP contribution in [0.25, 0.3) is 5.00 Å². The number of hydrogen-bond acceptors (Lipinski definition) is 4. The summed E-state index contributed by atoms with van der Waals surface area (Å²) < 4.78 is 41.8. The van der Waals surface area contributed by atoms with E-state index in [4.69, 9.17) is 9.47 Å². The fraction of sp³-hybridized carbons (Fsp3) is 0.276. The van der Waals surface area contributed by atoms with Crippen molar-refractivity contribution in [2.75, 3.05) is 19.5 Å². The third kappa shape index (κ3) is 4.20. The first-order valence-electron chi connectivity index (χ1n) is 12.5. The molecule has 0 unspecified atom stereocenters. The number of methoxy groups -OCH3 is 2. The van der Waals surface area contributed by atoms with Gasteiger partial charge in [-0.25, -0.2) is 13.6 Å². The van der Waals surface area contributed by atoms with Gasteiger partial charge in [-0.3, -0.25) is 0 Å². The van der Waals surface area contributed by atoms with Crippen molar-refractivity contribution in [1.29, 1.82) is 0 Å². The van der Waals surface area contributed by atoms with Crippen molar-refractivity contribution in [3.05, 3.63) is 93.6 Å². The molecule has 9 heteroatoms. The van der Waals surface area contributed by atoms with Crippen LogP contribution in [-0.2, 0) is 19.4 Å². The van der Waals surface area contributed by atoms with Gasteiger partial charge in [0.2, 0.25) is 0 Å². The van der Waals surface area contributed by atoms with E-state index >= 15 is 0 Å². The number of nitrogens with zero attached hydrogens (tertiary/aromatic N) is 2. The Morgan fingerprint density at radius 2 is 1.79 bits per heavy atom. The van der Waals surface area contributed by atoms with Crippen molar-refractivity contribution in [3.63, 3.8) is 0 Å². The van der Waals surface area contributed by atoms with Gasteiger partial charge in [-0.15, -0.1) is 11.3 Å². The van der Waals surface area contributed by atoms with Crippen molar-refractivity contribution < 1.29 is 23.0 Å². The summed E-state index contributed by atoms with van der Waals surface area (Å²) in [6.45, 7) is 0.295. The second-order valence-electron chi connectivity index (χ2n) is 9.53. The topological polar surface area (TPSA) is 55.7 Å². The van der Waals surface area contributed by atoms with Gasteiger partial charge in [-0.1, -0.05) is 0 Å². The van der Waals surface area contributed by atoms with E-state index in [1.165, 1.54) is 29.7 Å². The van der Waals surface area contributed by atoms with E-state index in [9.17, 15) is 13.6 Å². The van der Waals surface area contributed by atoms with Crippen molar-refractivity contribution >= 4 is 23.1 Å². The molecule has 2 aromatic heterocycles. The zero-order valence-electron chi connectivity index (χ0n) is 21.1. The van der Waals surface area contributed by atoms with E-state index in [-0.39, 0.29) is 0 Å². The first-order chi connectivity index (χ1) is 18.5. The maximum absolute atomic E-state index is 14.5. The van der Waals surface area contributed by atoms with Gasteiger partial charge in [0.15, 0.2) is 0 Å². The van der Waals surface area contributed by atoms with Crippen LogP contribution in [-0.4, -0.2) is 29.7 Å². The van der Waals surface area contributed by atoms with Crippen LogP contribution in [0.15, 0.2) is 54.7 Å². The Morgan fingerprint density at radius 1 is 1.00 bits per heavy atom. The van der Waals surface area contributed by atoms with Gasteiger partial charge in [0.25, 0.3) is 0 Å². The summed E-state index contributed by atoms with van der Waals surface area (Å²) in [6, 6.07) is 11.3. The third-order valence-corrected chi connectivity index (χ3v) is 8.62. The molecule has 0 spiro atoms. The number of hydrogen-bond donors (Lipinski definition) is 1. The van der Waals surface area contributed by atoms with E-state index in [0.29, 0.717) is 29.3 Å². The summed E-state index contributed by atoms with van der Waals surface area (Å²) in [4.78, 5) is 17.1. The van der Waals surface area contributed by atoms with Crippen LogP contribution in [0.5, 0.6) is 11.5 Å². The Kier molecular flexibility index (Phi) is 6.31. The van der Waals surface area contributed by atoms with Crippen LogP contribution in [0.4, 0.5) is 19.3 Å². The van der Waals surface area contributed by atoms with Crippen LogP contribution in [0, 0.1) is 11.6 Å². The molecule has 6 nitrogen and oxygen atoms in total. The SMILES string of the molecule is COc1ccc(OC)c(NC(=O)N2Cc3c(sc4c3CCCC4)-n3cccc3[C@H]2c2cc(F)cc(F)c2)c1. The highest BCUT2D eigenvalue weighted by molar-refractivity contribution is 7.15. The zero-order chi connectivity index (χ0) is 26.4. The first kappa shape index (κ1) is 24.5. The number of rotatable bonds is 4. The van der Waals surface area contributed by atoms with E-state index in [1.54, 1.807) is 41.5 Å². The predicted molar refractivity (Wildman–Crippen MR) is 143 cm³/mol. The Bertz CT molecular complexity index is 1510. The maximum Gasteiger partial charge on any atom is 0.323 e. The molecular weight excluding hydrogens is 508 g/mol. The van der Waals surface area contributed by atoms with E-state index in [1.807, 2.05) is 18.3 Å². The number of carbonyl (C=O) groups excluding carboxylic acids is 1. The minimum Gasteiger partial charge on any atom is -0.497 e. The first-order valence-corrected chi connectivity index (χ1v) is 13.3. The largest absolute Gasteiger partial charge is 0.497 e. The molecule has 6 rings (SSSR count). The Balaban J connectivity index is 1.51. The predicted octanol–water partition coefficient (Wildman–Crippen LogP) is 6.85. The zero-order valence-corrected chi connectivity index (χ0v) is 21.9. The van der Waals surface area contributed by atoms with Crippen LogP contribution < -0.4 is 14.8 Å². The summed E-state index contributed by atoms with van der Waals surface area (Å²) in [7, 11) is 3.07. The molecular formula is C29H27F2N3O3S. The molecule has 1 aliphatic carbocycles. The summed E-state index contributed by atoms with van der Waals surface area (Å²) in [5.74, 6) is -0.350. The Morgan fingerprint density at radius 3 is 2.55 bits per heavy atom. The van der Waals surface area contributed by atoms with E-state index < -0.39 is 23.7 Å². The lowest BCUT2D eigenvalue weighted by atomic mass is 9.95. The fourth-order valence-electron chi connectivity index (χ4n) is 5.57. The van der Waals surface area contributed by atoms with Crippen molar-refractivity contribution in [3.8, 4) is 16.5 Å². The molecule has 196 valence electrons. The average molecular weight is 536 g/mol. The van der Waals surface area contributed by atoms with Crippen molar-refractivity contribution in [2.45, 2.75) is 38.3 Å². The van der Waals surface area contributed by atoms with Gasteiger partial charge in [-0.05, 0) is 73.2 Å². The lowest BCUT2D eigenvalue weighted by Gasteiger charge is -2.31. The van der Waals surface area contributed by atoms with Gasteiger partial charge in [0.05, 0.1) is 32.1 Å². The number of amides is 2. The number of benzene rings is 2. The number of carbonyl (C=O) groups is 1. The summed E-state index contributed by atoms with van der Waals surface area (Å²) in [5, 5.41) is 4.04. The van der Waals surface area contributed by atoms with Crippen LogP contribution >= 0.6 is 11.3 Å². The highest BCUT2D eigenvalue weighted by Crippen LogP contribution is 2.44. The second kappa shape index (κ2) is 9.79. The molecule has 0 bridgehead atoms. The maximum atomic E-state index is 14.5. The molecule has 1 atom stereocenters. The lowest BCUT2D eigenvalue weighted by molar-refractivity contribution is 0.194. The monoisotopic (exact) mass is 535 g/mol. The van der Waals surface area contributed by atoms with Crippen LogP contribution in [0.2, 0.25) is 0 Å². The normalized spacial score (nSPS) is 16.2. The van der Waals surface area contributed by atoms with Crippen LogP contribution in [0.3, 0.4) is 0 Å².